The first-order valence-electron chi connectivity index (χ1n) is 18.8. The van der Waals surface area contributed by atoms with E-state index < -0.39 is 22.5 Å². The van der Waals surface area contributed by atoms with Crippen molar-refractivity contribution >= 4 is 90.6 Å². The van der Waals surface area contributed by atoms with Gasteiger partial charge in [-0.1, -0.05) is 84.4 Å². The van der Waals surface area contributed by atoms with E-state index in [0.29, 0.717) is 65.9 Å². The minimum atomic E-state index is -0.672. The highest BCUT2D eigenvalue weighted by Gasteiger charge is 2.28. The number of non-ortho nitro benzene ring substituents is 1. The molecule has 0 spiro atoms. The van der Waals surface area contributed by atoms with Crippen molar-refractivity contribution in [1.29, 1.82) is 0 Å². The van der Waals surface area contributed by atoms with Gasteiger partial charge in [0.2, 0.25) is 0 Å². The van der Waals surface area contributed by atoms with Crippen LogP contribution in [0.5, 0.6) is 11.5 Å². The van der Waals surface area contributed by atoms with Crippen molar-refractivity contribution in [1.82, 2.24) is 0 Å². The average Bonchev–Trinajstić information content (AvgIpc) is 3.55. The van der Waals surface area contributed by atoms with Gasteiger partial charge in [0.15, 0.2) is 17.3 Å². The molecular formula is C47H28ClN7O7. The molecule has 1 aliphatic rings. The number of ketones is 1. The Morgan fingerprint density at radius 2 is 1.05 bits per heavy atom. The maximum absolute atomic E-state index is 13.9. The van der Waals surface area contributed by atoms with Gasteiger partial charge in [-0.3, -0.25) is 24.5 Å². The summed E-state index contributed by atoms with van der Waals surface area (Å²) in [4.78, 5) is 51.1. The number of benzene rings is 8. The number of phenols is 2. The number of carbonyl (C=O) groups is 3. The monoisotopic (exact) mass is 837 g/mol. The molecule has 0 saturated heterocycles. The number of aromatic hydroxyl groups is 2. The zero-order valence-corrected chi connectivity index (χ0v) is 32.7. The fourth-order valence-electron chi connectivity index (χ4n) is 7.20. The van der Waals surface area contributed by atoms with Gasteiger partial charge < -0.3 is 20.8 Å². The van der Waals surface area contributed by atoms with Crippen LogP contribution in [0.2, 0.25) is 5.02 Å². The number of halogens is 1. The molecule has 300 valence electrons. The Bertz CT molecular complexity index is 3280. The van der Waals surface area contributed by atoms with Crippen molar-refractivity contribution in [3.63, 3.8) is 0 Å². The van der Waals surface area contributed by atoms with Crippen molar-refractivity contribution in [3.8, 4) is 22.6 Å². The Balaban J connectivity index is 0.983. The molecule has 8 aromatic carbocycles. The largest absolute Gasteiger partial charge is 0.505 e. The number of para-hydroxylation sites is 1. The number of nitrogens with one attached hydrogen (secondary N) is 2. The van der Waals surface area contributed by atoms with Crippen LogP contribution in [0.1, 0.15) is 36.6 Å². The summed E-state index contributed by atoms with van der Waals surface area (Å²) >= 11 is 6.25. The zero-order valence-electron chi connectivity index (χ0n) is 31.9. The molecule has 0 fully saturated rings. The lowest BCUT2D eigenvalue weighted by molar-refractivity contribution is -0.384. The van der Waals surface area contributed by atoms with Gasteiger partial charge in [-0.2, -0.15) is 10.2 Å². The highest BCUT2D eigenvalue weighted by atomic mass is 35.5. The number of phenolic OH excluding ortho intramolecular Hbond substituents is 2. The lowest BCUT2D eigenvalue weighted by atomic mass is 10.0. The molecule has 1 aliphatic carbocycles. The molecule has 0 radical (unpaired) electrons. The molecule has 8 aromatic rings. The van der Waals surface area contributed by atoms with E-state index in [9.17, 15) is 34.7 Å². The lowest BCUT2D eigenvalue weighted by Gasteiger charge is -2.12. The summed E-state index contributed by atoms with van der Waals surface area (Å²) in [5.74, 6) is -2.39. The van der Waals surface area contributed by atoms with Crippen LogP contribution in [0.3, 0.4) is 0 Å². The molecule has 0 aromatic heterocycles. The number of carbonyl (C=O) groups excluding carboxylic acids is 3. The number of amides is 2. The predicted molar refractivity (Wildman–Crippen MR) is 235 cm³/mol. The Kier molecular flexibility index (Phi) is 9.94. The molecular weight excluding hydrogens is 810 g/mol. The lowest BCUT2D eigenvalue weighted by Crippen LogP contribution is -2.12. The number of hydrogen-bond acceptors (Lipinski definition) is 11. The van der Waals surface area contributed by atoms with E-state index in [1.165, 1.54) is 30.3 Å². The second kappa shape index (κ2) is 15.9. The third-order valence-corrected chi connectivity index (χ3v) is 10.6. The first-order valence-corrected chi connectivity index (χ1v) is 19.2. The molecule has 14 nitrogen and oxygen atoms in total. The van der Waals surface area contributed by atoms with Gasteiger partial charge in [-0.05, 0) is 82.6 Å². The van der Waals surface area contributed by atoms with E-state index in [2.05, 4.69) is 31.1 Å². The average molecular weight is 838 g/mol. The van der Waals surface area contributed by atoms with Gasteiger partial charge >= 0.3 is 0 Å². The van der Waals surface area contributed by atoms with E-state index in [-0.39, 0.29) is 45.4 Å². The molecule has 2 amide bonds. The van der Waals surface area contributed by atoms with Gasteiger partial charge in [0.05, 0.1) is 38.1 Å². The summed E-state index contributed by atoms with van der Waals surface area (Å²) in [5.41, 5.74) is 3.12. The van der Waals surface area contributed by atoms with Gasteiger partial charge in [0.25, 0.3) is 17.5 Å². The number of anilines is 2. The van der Waals surface area contributed by atoms with E-state index in [1.807, 2.05) is 0 Å². The van der Waals surface area contributed by atoms with Gasteiger partial charge in [-0.25, -0.2) is 0 Å². The highest BCUT2D eigenvalue weighted by molar-refractivity contribution is 6.34. The topological polar surface area (TPSA) is 208 Å². The fourth-order valence-corrected chi connectivity index (χ4v) is 7.38. The second-order valence-corrected chi connectivity index (χ2v) is 14.5. The van der Waals surface area contributed by atoms with Crippen molar-refractivity contribution in [2.24, 2.45) is 20.5 Å². The molecule has 62 heavy (non-hydrogen) atoms. The summed E-state index contributed by atoms with van der Waals surface area (Å²) in [6.07, 6.45) is 0. The van der Waals surface area contributed by atoms with Gasteiger partial charge in [-0.15, -0.1) is 10.2 Å². The van der Waals surface area contributed by atoms with E-state index in [4.69, 9.17) is 11.6 Å². The molecule has 4 N–H and O–H groups in total. The summed E-state index contributed by atoms with van der Waals surface area (Å²) in [7, 11) is 0. The molecule has 9 rings (SSSR count). The Morgan fingerprint density at radius 1 is 0.565 bits per heavy atom. The first kappa shape index (κ1) is 38.9. The number of hydrogen-bond donors (Lipinski definition) is 4. The maximum Gasteiger partial charge on any atom is 0.269 e. The summed E-state index contributed by atoms with van der Waals surface area (Å²) in [5, 5.41) is 59.2. The summed E-state index contributed by atoms with van der Waals surface area (Å²) in [6, 6.07) is 39.2. The smallest absolute Gasteiger partial charge is 0.269 e. The number of nitro groups is 1. The summed E-state index contributed by atoms with van der Waals surface area (Å²) in [6.45, 7) is 0. The van der Waals surface area contributed by atoms with Crippen LogP contribution in [-0.4, -0.2) is 32.7 Å². The van der Waals surface area contributed by atoms with Crippen molar-refractivity contribution in [2.75, 3.05) is 10.6 Å². The number of nitro benzene ring substituents is 1. The molecule has 15 heteroatoms. The highest BCUT2D eigenvalue weighted by Crippen LogP contribution is 2.44. The molecule has 0 aliphatic heterocycles. The van der Waals surface area contributed by atoms with Gasteiger partial charge in [0, 0.05) is 39.7 Å². The molecule has 0 unspecified atom stereocenters. The summed E-state index contributed by atoms with van der Waals surface area (Å²) < 4.78 is 0. The van der Waals surface area contributed by atoms with Crippen LogP contribution in [0, 0.1) is 10.1 Å². The van der Waals surface area contributed by atoms with Crippen LogP contribution >= 0.6 is 11.6 Å². The number of fused-ring (bicyclic) bond motifs is 5. The zero-order chi connectivity index (χ0) is 43.1. The minimum absolute atomic E-state index is 0.0210. The van der Waals surface area contributed by atoms with Crippen LogP contribution in [0.25, 0.3) is 32.7 Å². The van der Waals surface area contributed by atoms with Crippen molar-refractivity contribution in [3.05, 3.63) is 183 Å². The van der Waals surface area contributed by atoms with Crippen LogP contribution < -0.4 is 10.6 Å². The number of azo groups is 2. The minimum Gasteiger partial charge on any atom is -0.505 e. The van der Waals surface area contributed by atoms with E-state index in [0.717, 1.165) is 0 Å². The predicted octanol–water partition coefficient (Wildman–Crippen LogP) is 12.5. The Morgan fingerprint density at radius 3 is 1.56 bits per heavy atom. The molecule has 0 heterocycles. The SMILES string of the molecule is O=C1c2cc(N=Nc3c(O)c(C(=O)Nc4ccc([N+](=O)[O-])cc4)cc4ccccc34)ccc2-c2ccc(N=Nc3c(O)c(C(=O)Nc4ccccc4Cl)cc4ccccc34)cc21. The maximum atomic E-state index is 13.9. The van der Waals surface area contributed by atoms with Crippen LogP contribution in [0.15, 0.2) is 166 Å². The number of nitrogens with zero attached hydrogens (tertiary/aromatic N) is 5. The van der Waals surface area contributed by atoms with E-state index >= 15 is 0 Å². The Hall–Kier alpha value is -8.62. The third-order valence-electron chi connectivity index (χ3n) is 10.3. The number of rotatable bonds is 9. The Labute approximate surface area is 355 Å². The molecule has 0 bridgehead atoms. The molecule has 0 saturated carbocycles. The third kappa shape index (κ3) is 7.22. The standard InChI is InChI=1S/C47H28ClN7O7/c48-39-11-5-6-12-40(39)50-47(60)38-22-26-8-2-4-10-32(26)42(45(38)58)54-52-29-16-20-34-33-19-15-28(23-35(33)43(56)36(34)24-29)51-53-41-31-9-3-1-7-25(31)21-37(44(41)57)46(59)49-27-13-17-30(18-14-27)55(61)62/h1-24,57-58H,(H,49,59)(H,50,60). The van der Waals surface area contributed by atoms with Crippen LogP contribution in [-0.2, 0) is 0 Å². The normalized spacial score (nSPS) is 11.9. The second-order valence-electron chi connectivity index (χ2n) is 14.1. The van der Waals surface area contributed by atoms with Gasteiger partial charge in [0.1, 0.15) is 11.4 Å². The first-order chi connectivity index (χ1) is 30.0. The molecule has 0 atom stereocenters. The van der Waals surface area contributed by atoms with Crippen molar-refractivity contribution < 1.29 is 29.5 Å². The fraction of sp³-hybridized carbons (Fsp3) is 0. The van der Waals surface area contributed by atoms with Crippen molar-refractivity contribution in [2.45, 2.75) is 0 Å². The van der Waals surface area contributed by atoms with Crippen LogP contribution in [0.4, 0.5) is 39.8 Å². The quantitative estimate of drug-likeness (QED) is 0.0627. The van der Waals surface area contributed by atoms with E-state index in [1.54, 1.807) is 115 Å².